The second-order valence-corrected chi connectivity index (χ2v) is 11.2. The lowest BCUT2D eigenvalue weighted by molar-refractivity contribution is -0.139. The largest absolute Gasteiger partial charge is 0.496 e. The molecule has 1 aliphatic heterocycles. The summed E-state index contributed by atoms with van der Waals surface area (Å²) in [5, 5.41) is 9.04. The number of para-hydroxylation sites is 1. The number of nitrogens with zero attached hydrogens (tertiary/aromatic N) is 3. The third-order valence-corrected chi connectivity index (χ3v) is 8.29. The van der Waals surface area contributed by atoms with E-state index in [4.69, 9.17) is 19.5 Å². The highest BCUT2D eigenvalue weighted by Crippen LogP contribution is 2.35. The van der Waals surface area contributed by atoms with Crippen molar-refractivity contribution in [2.24, 2.45) is 4.99 Å². The molecule has 0 saturated heterocycles. The number of hydrogen-bond acceptors (Lipinski definition) is 8. The fourth-order valence-corrected chi connectivity index (χ4v) is 6.26. The van der Waals surface area contributed by atoms with Crippen LogP contribution in [0.25, 0.3) is 6.08 Å². The van der Waals surface area contributed by atoms with Crippen LogP contribution in [0.15, 0.2) is 92.3 Å². The van der Waals surface area contributed by atoms with Gasteiger partial charge in [0.1, 0.15) is 18.1 Å². The predicted molar refractivity (Wildman–Crippen MR) is 163 cm³/mol. The van der Waals surface area contributed by atoms with E-state index in [-0.39, 0.29) is 12.2 Å². The van der Waals surface area contributed by atoms with Crippen LogP contribution in [0.2, 0.25) is 0 Å². The van der Waals surface area contributed by atoms with Crippen molar-refractivity contribution < 1.29 is 19.0 Å². The Labute approximate surface area is 254 Å². The number of nitriles is 1. The van der Waals surface area contributed by atoms with Crippen LogP contribution in [0.3, 0.4) is 0 Å². The Balaban J connectivity index is 1.59. The maximum atomic E-state index is 14.0. The zero-order chi connectivity index (χ0) is 29.8. The van der Waals surface area contributed by atoms with Gasteiger partial charge in [-0.25, -0.2) is 9.79 Å². The molecule has 0 unspecified atom stereocenters. The molecule has 1 aromatic heterocycles. The van der Waals surface area contributed by atoms with Gasteiger partial charge in [-0.05, 0) is 77.3 Å². The van der Waals surface area contributed by atoms with Crippen molar-refractivity contribution in [3.8, 4) is 17.6 Å². The lowest BCUT2D eigenvalue weighted by Gasteiger charge is -2.25. The van der Waals surface area contributed by atoms with E-state index in [2.05, 4.69) is 27.0 Å². The van der Waals surface area contributed by atoms with E-state index >= 15 is 0 Å². The van der Waals surface area contributed by atoms with Crippen molar-refractivity contribution in [3.63, 3.8) is 0 Å². The average molecular weight is 645 g/mol. The third kappa shape index (κ3) is 5.79. The maximum absolute atomic E-state index is 14.0. The molecule has 5 rings (SSSR count). The van der Waals surface area contributed by atoms with E-state index in [0.29, 0.717) is 54.3 Å². The number of methoxy groups -OCH3 is 1. The van der Waals surface area contributed by atoms with Gasteiger partial charge < -0.3 is 14.2 Å². The van der Waals surface area contributed by atoms with Crippen molar-refractivity contribution in [1.82, 2.24) is 4.57 Å². The second kappa shape index (κ2) is 12.6. The Kier molecular flexibility index (Phi) is 8.71. The van der Waals surface area contributed by atoms with Gasteiger partial charge in [-0.1, -0.05) is 47.7 Å². The van der Waals surface area contributed by atoms with E-state index in [1.807, 2.05) is 48.5 Å². The van der Waals surface area contributed by atoms with Gasteiger partial charge in [0, 0.05) is 5.56 Å². The summed E-state index contributed by atoms with van der Waals surface area (Å²) in [6.45, 7) is 3.98. The molecule has 4 aromatic rings. The molecular weight excluding hydrogens is 618 g/mol. The van der Waals surface area contributed by atoms with Crippen LogP contribution in [0, 0.1) is 11.3 Å². The summed E-state index contributed by atoms with van der Waals surface area (Å²) in [5.41, 5.74) is 3.43. The van der Waals surface area contributed by atoms with E-state index in [1.165, 1.54) is 11.3 Å². The summed E-state index contributed by atoms with van der Waals surface area (Å²) < 4.78 is 19.6. The number of thiazole rings is 1. The Bertz CT molecular complexity index is 1920. The van der Waals surface area contributed by atoms with Crippen LogP contribution in [0.4, 0.5) is 0 Å². The van der Waals surface area contributed by atoms with Gasteiger partial charge in [0.2, 0.25) is 0 Å². The van der Waals surface area contributed by atoms with Crippen LogP contribution in [0.5, 0.6) is 11.5 Å². The third-order valence-electron chi connectivity index (χ3n) is 6.69. The van der Waals surface area contributed by atoms with Crippen molar-refractivity contribution >= 4 is 39.3 Å². The highest BCUT2D eigenvalue weighted by Gasteiger charge is 2.33. The van der Waals surface area contributed by atoms with Crippen molar-refractivity contribution in [2.45, 2.75) is 26.5 Å². The van der Waals surface area contributed by atoms with Gasteiger partial charge in [0.25, 0.3) is 5.56 Å². The number of fused-ring (bicyclic) bond motifs is 1. The number of halogens is 1. The Hall–Kier alpha value is -4.46. The molecule has 3 aromatic carbocycles. The molecule has 0 spiro atoms. The summed E-state index contributed by atoms with van der Waals surface area (Å²) in [7, 11) is 1.57. The highest BCUT2D eigenvalue weighted by atomic mass is 79.9. The minimum absolute atomic E-state index is 0.193. The van der Waals surface area contributed by atoms with E-state index in [9.17, 15) is 9.59 Å². The molecule has 0 radical (unpaired) electrons. The summed E-state index contributed by atoms with van der Waals surface area (Å²) >= 11 is 4.78. The monoisotopic (exact) mass is 643 g/mol. The molecule has 2 heterocycles. The first-order valence-electron chi connectivity index (χ1n) is 13.1. The Morgan fingerprint density at radius 3 is 2.60 bits per heavy atom. The number of esters is 1. The first kappa shape index (κ1) is 29.0. The van der Waals surface area contributed by atoms with Gasteiger partial charge in [-0.15, -0.1) is 0 Å². The molecule has 0 fully saturated rings. The van der Waals surface area contributed by atoms with Crippen LogP contribution in [0.1, 0.15) is 42.1 Å². The average Bonchev–Trinajstić information content (AvgIpc) is 3.30. The smallest absolute Gasteiger partial charge is 0.338 e. The highest BCUT2D eigenvalue weighted by molar-refractivity contribution is 9.10. The summed E-state index contributed by atoms with van der Waals surface area (Å²) in [5.74, 6) is 0.709. The van der Waals surface area contributed by atoms with Gasteiger partial charge >= 0.3 is 5.97 Å². The van der Waals surface area contributed by atoms with Crippen molar-refractivity contribution in [1.29, 1.82) is 5.26 Å². The number of rotatable bonds is 8. The number of aromatic nitrogens is 1. The minimum atomic E-state index is -0.743. The molecule has 0 saturated carbocycles. The van der Waals surface area contributed by atoms with Gasteiger partial charge in [0.15, 0.2) is 4.80 Å². The molecular formula is C32H26BrN3O5S. The number of carbonyl (C=O) groups excluding carboxylic acids is 1. The van der Waals surface area contributed by atoms with Crippen LogP contribution < -0.4 is 24.4 Å². The number of allylic oxidation sites excluding steroid dienone is 1. The lowest BCUT2D eigenvalue weighted by Crippen LogP contribution is -2.40. The number of hydrogen-bond donors (Lipinski definition) is 0. The maximum Gasteiger partial charge on any atom is 0.338 e. The molecule has 42 heavy (non-hydrogen) atoms. The zero-order valence-corrected chi connectivity index (χ0v) is 25.5. The zero-order valence-electron chi connectivity index (χ0n) is 23.1. The van der Waals surface area contributed by atoms with E-state index < -0.39 is 12.0 Å². The molecule has 0 amide bonds. The summed E-state index contributed by atoms with van der Waals surface area (Å²) in [6.07, 6.45) is 1.78. The topological polar surface area (TPSA) is 103 Å². The SMILES string of the molecule is CCOC(=O)C1=C(C)N=c2s/c(=C\c3ccccc3OCc3ccc(C#N)cc3)c(=O)n2[C@H]1c1ccc(OC)c(Br)c1. The fourth-order valence-electron chi connectivity index (χ4n) is 4.67. The molecule has 0 bridgehead atoms. The molecule has 0 aliphatic carbocycles. The van der Waals surface area contributed by atoms with Gasteiger partial charge in [-0.3, -0.25) is 9.36 Å². The second-order valence-electron chi connectivity index (χ2n) is 9.33. The quantitative estimate of drug-likeness (QED) is 0.250. The fraction of sp³-hybridized carbons (Fsp3) is 0.188. The number of carbonyl (C=O) groups is 1. The molecule has 212 valence electrons. The molecule has 10 heteroatoms. The molecule has 8 nitrogen and oxygen atoms in total. The Morgan fingerprint density at radius 2 is 1.90 bits per heavy atom. The summed E-state index contributed by atoms with van der Waals surface area (Å²) in [4.78, 5) is 32.3. The Morgan fingerprint density at radius 1 is 1.14 bits per heavy atom. The minimum Gasteiger partial charge on any atom is -0.496 e. The van der Waals surface area contributed by atoms with Gasteiger partial charge in [0.05, 0.1) is 51.7 Å². The normalized spacial score (nSPS) is 14.5. The van der Waals surface area contributed by atoms with Crippen molar-refractivity contribution in [2.75, 3.05) is 13.7 Å². The molecule has 1 atom stereocenters. The van der Waals surface area contributed by atoms with Crippen LogP contribution in [-0.2, 0) is 16.1 Å². The van der Waals surface area contributed by atoms with Crippen LogP contribution >= 0.6 is 27.3 Å². The first-order valence-corrected chi connectivity index (χ1v) is 14.7. The standard InChI is InChI=1S/C32H26BrN3O5S/c1-4-40-31(38)28-19(2)35-32-36(29(28)23-13-14-26(39-3)24(33)15-23)30(37)27(42-32)16-22-7-5-6-8-25(22)41-18-21-11-9-20(17-34)10-12-21/h5-16,29H,4,18H2,1-3H3/b27-16-/t29-/m0/s1. The predicted octanol–water partition coefficient (Wildman–Crippen LogP) is 5.02. The van der Waals surface area contributed by atoms with E-state index in [0.717, 1.165) is 11.1 Å². The molecule has 0 N–H and O–H groups in total. The van der Waals surface area contributed by atoms with Crippen molar-refractivity contribution in [3.05, 3.63) is 124 Å². The molecule has 1 aliphatic rings. The van der Waals surface area contributed by atoms with Gasteiger partial charge in [-0.2, -0.15) is 5.26 Å². The van der Waals surface area contributed by atoms with E-state index in [1.54, 1.807) is 49.8 Å². The first-order chi connectivity index (χ1) is 20.3. The van der Waals surface area contributed by atoms with Crippen LogP contribution in [-0.4, -0.2) is 24.3 Å². The summed E-state index contributed by atoms with van der Waals surface area (Å²) in [6, 6.07) is 21.5. The lowest BCUT2D eigenvalue weighted by atomic mass is 9.96. The number of ether oxygens (including phenoxy) is 3. The number of benzene rings is 3.